The highest BCUT2D eigenvalue weighted by Crippen LogP contribution is 2.37. The van der Waals surface area contributed by atoms with Crippen molar-refractivity contribution in [1.82, 2.24) is 4.98 Å². The molecular weight excluding hydrogens is 562 g/mol. The Bertz CT molecular complexity index is 1700. The van der Waals surface area contributed by atoms with Gasteiger partial charge in [0.05, 0.1) is 36.9 Å². The summed E-state index contributed by atoms with van der Waals surface area (Å²) >= 11 is 0. The number of ether oxygens (including phenoxy) is 2. The van der Waals surface area contributed by atoms with E-state index in [2.05, 4.69) is 29.5 Å². The Morgan fingerprint density at radius 2 is 1.80 bits per heavy atom. The van der Waals surface area contributed by atoms with Crippen LogP contribution in [0.3, 0.4) is 0 Å². The van der Waals surface area contributed by atoms with E-state index in [9.17, 15) is 4.79 Å². The topological polar surface area (TPSA) is 84.5 Å². The van der Waals surface area contributed by atoms with Crippen LogP contribution in [0, 0.1) is 24.5 Å². The average molecular weight is 603 g/mol. The third-order valence-corrected chi connectivity index (χ3v) is 7.74. The van der Waals surface area contributed by atoms with Gasteiger partial charge < -0.3 is 25.4 Å². The summed E-state index contributed by atoms with van der Waals surface area (Å²) in [6.45, 7) is 12.2. The number of carbonyl (C=O) groups is 1. The lowest BCUT2D eigenvalue weighted by Gasteiger charge is -2.18. The molecule has 0 bridgehead atoms. The monoisotopic (exact) mass is 602 g/mol. The first-order chi connectivity index (χ1) is 21.1. The van der Waals surface area contributed by atoms with Crippen molar-refractivity contribution in [2.24, 2.45) is 5.92 Å². The molecule has 1 aliphatic carbocycles. The second-order valence-electron chi connectivity index (χ2n) is 10.8. The van der Waals surface area contributed by atoms with Crippen LogP contribution in [-0.4, -0.2) is 31.7 Å². The normalized spacial score (nSPS) is 14.2. The first-order valence-corrected chi connectivity index (χ1v) is 14.7. The minimum absolute atomic E-state index is 0.111. The van der Waals surface area contributed by atoms with Gasteiger partial charge in [0.2, 0.25) is 5.91 Å². The number of amides is 1. The number of methoxy groups -OCH3 is 2. The van der Waals surface area contributed by atoms with E-state index >= 15 is 8.78 Å². The van der Waals surface area contributed by atoms with Crippen LogP contribution in [0.5, 0.6) is 11.5 Å². The lowest BCUT2D eigenvalue weighted by molar-refractivity contribution is -0.111. The molecule has 1 amide bonds. The molecule has 7 nitrogen and oxygen atoms in total. The van der Waals surface area contributed by atoms with Gasteiger partial charge in [-0.15, -0.1) is 0 Å². The molecule has 2 aromatic carbocycles. The molecule has 44 heavy (non-hydrogen) atoms. The van der Waals surface area contributed by atoms with Crippen LogP contribution in [0.1, 0.15) is 45.6 Å². The minimum Gasteiger partial charge on any atom is -0.494 e. The number of para-hydroxylation sites is 1. The fourth-order valence-corrected chi connectivity index (χ4v) is 4.76. The predicted octanol–water partition coefficient (Wildman–Crippen LogP) is 6.68. The molecule has 1 fully saturated rings. The van der Waals surface area contributed by atoms with Crippen LogP contribution in [-0.2, 0) is 4.79 Å². The van der Waals surface area contributed by atoms with E-state index in [1.165, 1.54) is 26.4 Å². The van der Waals surface area contributed by atoms with E-state index < -0.39 is 11.6 Å². The third-order valence-electron chi connectivity index (χ3n) is 7.74. The summed E-state index contributed by atoms with van der Waals surface area (Å²) in [6, 6.07) is 8.50. The number of hydrogen-bond acceptors (Lipinski definition) is 6. The molecule has 0 unspecified atom stereocenters. The zero-order valence-corrected chi connectivity index (χ0v) is 26.2. The highest BCUT2D eigenvalue weighted by Gasteiger charge is 2.25. The van der Waals surface area contributed by atoms with Gasteiger partial charge in [-0.1, -0.05) is 37.3 Å². The van der Waals surface area contributed by atoms with E-state index in [0.717, 1.165) is 52.2 Å². The number of aromatic nitrogens is 1. The molecular formula is C35H40F2N4O3. The van der Waals surface area contributed by atoms with E-state index in [-0.39, 0.29) is 28.7 Å². The van der Waals surface area contributed by atoms with Crippen LogP contribution in [0.15, 0.2) is 54.3 Å². The van der Waals surface area contributed by atoms with Gasteiger partial charge in [-0.05, 0) is 81.0 Å². The van der Waals surface area contributed by atoms with Gasteiger partial charge >= 0.3 is 0 Å². The van der Waals surface area contributed by atoms with Crippen molar-refractivity contribution in [3.8, 4) is 22.8 Å². The number of hydrogen-bond donors (Lipinski definition) is 3. The molecule has 0 spiro atoms. The molecule has 3 N–H and O–H groups in total. The summed E-state index contributed by atoms with van der Waals surface area (Å²) in [5, 5.41) is 11.4. The molecule has 0 atom stereocenters. The number of carbonyl (C=O) groups excluding carboxylic acids is 1. The van der Waals surface area contributed by atoms with Gasteiger partial charge in [0.15, 0.2) is 23.1 Å². The summed E-state index contributed by atoms with van der Waals surface area (Å²) in [7, 11) is 2.64. The SMILES string of the molecule is C=CC(=O)Nc1cccc(C)c1NC(/C=c1/c(NCC2CC2)nc(-c2c(F)c(OC)cc(OC)c2F)c/c1=C/C)=C(/C)CC. The van der Waals surface area contributed by atoms with Crippen LogP contribution < -0.4 is 35.9 Å². The summed E-state index contributed by atoms with van der Waals surface area (Å²) in [5.74, 6) is -1.31. The van der Waals surface area contributed by atoms with Crippen LogP contribution in [0.25, 0.3) is 23.4 Å². The maximum atomic E-state index is 15.6. The standard InChI is InChI=1S/C35H40F2N4O3/c1-8-20(4)26(40-34-21(5)12-11-13-25(34)39-30(42)10-3)17-24-23(9-2)16-27(41-35(24)38-19-22-14-15-22)31-32(36)28(43-6)18-29(44-7)33(31)37/h9-13,16-18,22,40H,3,8,14-15,19H2,1-2,4-7H3,(H,38,41)(H,39,42)/b23-9-,24-17+,26-20-. The van der Waals surface area contributed by atoms with E-state index in [0.29, 0.717) is 24.0 Å². The van der Waals surface area contributed by atoms with E-state index in [1.807, 2.05) is 51.1 Å². The van der Waals surface area contributed by atoms with Crippen molar-refractivity contribution < 1.29 is 23.0 Å². The molecule has 1 saturated carbocycles. The molecule has 0 radical (unpaired) electrons. The quantitative estimate of drug-likeness (QED) is 0.201. The molecule has 0 aliphatic heterocycles. The number of anilines is 3. The highest BCUT2D eigenvalue weighted by molar-refractivity contribution is 6.01. The molecule has 1 heterocycles. The molecule has 4 rings (SSSR count). The van der Waals surface area contributed by atoms with Gasteiger partial charge in [-0.3, -0.25) is 4.79 Å². The molecule has 1 aromatic heterocycles. The van der Waals surface area contributed by atoms with Crippen LogP contribution in [0.4, 0.5) is 26.0 Å². The lowest BCUT2D eigenvalue weighted by atomic mass is 10.0. The van der Waals surface area contributed by atoms with Crippen molar-refractivity contribution in [1.29, 1.82) is 0 Å². The smallest absolute Gasteiger partial charge is 0.247 e. The molecule has 0 saturated heterocycles. The summed E-state index contributed by atoms with van der Waals surface area (Å²) in [6.07, 6.45) is 8.08. The summed E-state index contributed by atoms with van der Waals surface area (Å²) in [5.41, 5.74) is 3.94. The number of rotatable bonds is 12. The van der Waals surface area contributed by atoms with Crippen molar-refractivity contribution >= 4 is 35.3 Å². The Morgan fingerprint density at radius 3 is 2.36 bits per heavy atom. The van der Waals surface area contributed by atoms with Gasteiger partial charge in [-0.2, -0.15) is 0 Å². The Labute approximate surface area is 257 Å². The second kappa shape index (κ2) is 14.2. The first-order valence-electron chi connectivity index (χ1n) is 14.7. The van der Waals surface area contributed by atoms with Crippen molar-refractivity contribution in [2.45, 2.75) is 47.0 Å². The fourth-order valence-electron chi connectivity index (χ4n) is 4.76. The average Bonchev–Trinajstić information content (AvgIpc) is 3.86. The number of nitrogens with one attached hydrogen (secondary N) is 3. The summed E-state index contributed by atoms with van der Waals surface area (Å²) < 4.78 is 41.5. The minimum atomic E-state index is -0.858. The zero-order valence-electron chi connectivity index (χ0n) is 26.2. The number of halogens is 2. The van der Waals surface area contributed by atoms with E-state index in [4.69, 9.17) is 14.5 Å². The Morgan fingerprint density at radius 1 is 1.11 bits per heavy atom. The first kappa shape index (κ1) is 32.3. The van der Waals surface area contributed by atoms with E-state index in [1.54, 1.807) is 6.07 Å². The number of pyridine rings is 1. The number of aryl methyl sites for hydroxylation is 1. The van der Waals surface area contributed by atoms with Crippen LogP contribution in [0.2, 0.25) is 0 Å². The number of benzene rings is 2. The zero-order chi connectivity index (χ0) is 32.0. The van der Waals surface area contributed by atoms with Gasteiger partial charge in [0, 0.05) is 23.5 Å². The number of allylic oxidation sites excluding steroid dienone is 2. The molecule has 1 aliphatic rings. The molecule has 3 aromatic rings. The van der Waals surface area contributed by atoms with Gasteiger partial charge in [0.25, 0.3) is 0 Å². The lowest BCUT2D eigenvalue weighted by Crippen LogP contribution is -2.31. The predicted molar refractivity (Wildman–Crippen MR) is 174 cm³/mol. The van der Waals surface area contributed by atoms with Gasteiger partial charge in [0.1, 0.15) is 5.82 Å². The Hall–Kier alpha value is -4.66. The Kier molecular flexibility index (Phi) is 10.4. The van der Waals surface area contributed by atoms with Crippen LogP contribution >= 0.6 is 0 Å². The Balaban J connectivity index is 1.95. The maximum Gasteiger partial charge on any atom is 0.247 e. The second-order valence-corrected chi connectivity index (χ2v) is 10.8. The molecule has 9 heteroatoms. The highest BCUT2D eigenvalue weighted by atomic mass is 19.1. The van der Waals surface area contributed by atoms with Crippen molar-refractivity contribution in [3.05, 3.63) is 81.9 Å². The third kappa shape index (κ3) is 7.10. The van der Waals surface area contributed by atoms with Gasteiger partial charge in [-0.25, -0.2) is 13.8 Å². The fraction of sp³-hybridized carbons (Fsp3) is 0.314. The maximum absolute atomic E-state index is 15.6. The molecule has 232 valence electrons. The van der Waals surface area contributed by atoms with Crippen molar-refractivity contribution in [3.63, 3.8) is 0 Å². The van der Waals surface area contributed by atoms with Crippen molar-refractivity contribution in [2.75, 3.05) is 36.7 Å². The largest absolute Gasteiger partial charge is 0.494 e. The summed E-state index contributed by atoms with van der Waals surface area (Å²) in [4.78, 5) is 17.0. The number of nitrogens with zero attached hydrogens (tertiary/aromatic N) is 1.